The maximum Gasteiger partial charge on any atom is 0.0540 e. The molecule has 0 spiro atoms. The minimum atomic E-state index is -2.08. The van der Waals surface area contributed by atoms with Crippen LogP contribution in [0.1, 0.15) is 49.9 Å². The Morgan fingerprint density at radius 2 is 0.663 bits per heavy atom. The molecule has 0 fully saturated rings. The Balaban J connectivity index is 1.07. The number of fused-ring (bicyclic) bond motifs is 10. The molecule has 2 aliphatic rings. The first-order valence-electron chi connectivity index (χ1n) is 29.3. The van der Waals surface area contributed by atoms with Crippen LogP contribution in [0.4, 0.5) is 34.1 Å². The number of para-hydroxylation sites is 1. The molecule has 2 aliphatic carbocycles. The Kier molecular flexibility index (Phi) is 11.3. The summed E-state index contributed by atoms with van der Waals surface area (Å²) in [5.41, 5.74) is 21.9. The van der Waals surface area contributed by atoms with E-state index in [-0.39, 0.29) is 10.8 Å². The lowest BCUT2D eigenvalue weighted by atomic mass is 9.79. The molecule has 0 saturated carbocycles. The Morgan fingerprint density at radius 3 is 1.13 bits per heavy atom. The largest absolute Gasteiger partial charge is 0.310 e. The second kappa shape index (κ2) is 18.4. The van der Waals surface area contributed by atoms with Crippen LogP contribution in [0.3, 0.4) is 0 Å². The lowest BCUT2D eigenvalue weighted by Gasteiger charge is -2.47. The summed E-state index contributed by atoms with van der Waals surface area (Å²) in [6, 6.07) is 98.8. The van der Waals surface area contributed by atoms with Crippen LogP contribution in [-0.2, 0) is 10.8 Å². The highest BCUT2D eigenvalue weighted by Gasteiger charge is 2.38. The number of benzene rings is 13. The normalized spacial score (nSPS) is 14.2. The zero-order valence-electron chi connectivity index (χ0n) is 48.7. The number of nitrogens with zero attached hydrogens (tertiary/aromatic N) is 2. The van der Waals surface area contributed by atoms with Crippen molar-refractivity contribution >= 4 is 86.4 Å². The third kappa shape index (κ3) is 8.07. The molecule has 13 aromatic carbocycles. The molecule has 0 bridgehead atoms. The van der Waals surface area contributed by atoms with E-state index in [1.165, 1.54) is 115 Å². The standard InChI is InChI=1S/C80H68N2S/c1-79(2)71-32-18-16-30-63(71)65-44-36-54(48-73(65)79)77-68-47-41-59(82(57-38-42-60(43-39-57)83(5,6,7)8)76-35-21-25-53-23-13-15-29-62(53)76)51-70(68)78(55-37-45-66-64-31-17-19-33-72(64)80(3,4)74(66)49-55)67-46-40-58(50-69(67)77)81(56-26-10-9-11-27-56)75-34-20-24-52-22-12-14-28-61(52)75/h9-51,83H,1-8H3. The first kappa shape index (κ1) is 50.8. The van der Waals surface area contributed by atoms with E-state index in [1.807, 2.05) is 0 Å². The number of thiol groups is 1. The lowest BCUT2D eigenvalue weighted by molar-refractivity contribution is 0.660. The van der Waals surface area contributed by atoms with Gasteiger partial charge in [0.15, 0.2) is 0 Å². The van der Waals surface area contributed by atoms with Crippen LogP contribution in [0.15, 0.2) is 266 Å². The monoisotopic (exact) mass is 1090 g/mol. The molecule has 0 amide bonds. The molecule has 0 aromatic heterocycles. The van der Waals surface area contributed by atoms with E-state index < -0.39 is 9.16 Å². The van der Waals surface area contributed by atoms with Gasteiger partial charge in [-0.1, -0.05) is 204 Å². The van der Waals surface area contributed by atoms with E-state index in [4.69, 9.17) is 0 Å². The molecule has 2 nitrogen and oxygen atoms in total. The van der Waals surface area contributed by atoms with Gasteiger partial charge in [-0.15, -0.1) is 0 Å². The molecule has 0 atom stereocenters. The van der Waals surface area contributed by atoms with Gasteiger partial charge in [0.05, 0.1) is 11.4 Å². The van der Waals surface area contributed by atoms with Crippen LogP contribution in [0, 0.1) is 0 Å². The van der Waals surface area contributed by atoms with E-state index in [0.717, 1.165) is 34.1 Å². The van der Waals surface area contributed by atoms with Crippen LogP contribution in [-0.4, -0.2) is 25.0 Å². The van der Waals surface area contributed by atoms with Gasteiger partial charge in [0.2, 0.25) is 0 Å². The summed E-state index contributed by atoms with van der Waals surface area (Å²) in [4.78, 5) is 6.39. The third-order valence-corrected chi connectivity index (χ3v) is 20.9. The van der Waals surface area contributed by atoms with E-state index >= 15 is 0 Å². The fraction of sp³-hybridized carbons (Fsp3) is 0.125. The van der Waals surface area contributed by atoms with Crippen LogP contribution in [0.25, 0.3) is 87.6 Å². The maximum absolute atomic E-state index is 2.53. The van der Waals surface area contributed by atoms with Crippen molar-refractivity contribution in [2.75, 3.05) is 34.8 Å². The summed E-state index contributed by atoms with van der Waals surface area (Å²) in [6.45, 7) is 9.61. The molecule has 0 radical (unpaired) electrons. The molecule has 0 heterocycles. The molecule has 83 heavy (non-hydrogen) atoms. The van der Waals surface area contributed by atoms with Crippen molar-refractivity contribution in [3.63, 3.8) is 0 Å². The van der Waals surface area contributed by atoms with Crippen LogP contribution in [0.5, 0.6) is 0 Å². The van der Waals surface area contributed by atoms with Crippen molar-refractivity contribution in [2.45, 2.75) is 43.4 Å². The first-order chi connectivity index (χ1) is 40.1. The molecule has 0 unspecified atom stereocenters. The van der Waals surface area contributed by atoms with Crippen molar-refractivity contribution in [1.82, 2.24) is 0 Å². The van der Waals surface area contributed by atoms with Gasteiger partial charge in [0.1, 0.15) is 0 Å². The van der Waals surface area contributed by atoms with E-state index in [1.54, 1.807) is 0 Å². The van der Waals surface area contributed by atoms with Gasteiger partial charge in [-0.2, -0.15) is 0 Å². The van der Waals surface area contributed by atoms with Gasteiger partial charge in [0.25, 0.3) is 0 Å². The summed E-state index contributed by atoms with van der Waals surface area (Å²) in [5.74, 6) is 0. The summed E-state index contributed by atoms with van der Waals surface area (Å²) < 4.78 is 0. The highest BCUT2D eigenvalue weighted by molar-refractivity contribution is 8.47. The van der Waals surface area contributed by atoms with Gasteiger partial charge < -0.3 is 9.80 Å². The van der Waals surface area contributed by atoms with E-state index in [2.05, 4.69) is 323 Å². The minimum Gasteiger partial charge on any atom is -0.310 e. The Morgan fingerprint density at radius 1 is 0.277 bits per heavy atom. The van der Waals surface area contributed by atoms with Crippen molar-refractivity contribution in [2.24, 2.45) is 0 Å². The van der Waals surface area contributed by atoms with Crippen LogP contribution in [0.2, 0.25) is 0 Å². The first-order valence-corrected chi connectivity index (χ1v) is 33.4. The predicted octanol–water partition coefficient (Wildman–Crippen LogP) is 22.1. The average Bonchev–Trinajstić information content (AvgIpc) is 3.13. The molecule has 404 valence electrons. The van der Waals surface area contributed by atoms with Gasteiger partial charge >= 0.3 is 0 Å². The molecular formula is C80H68N2S. The predicted molar refractivity (Wildman–Crippen MR) is 363 cm³/mol. The SMILES string of the molecule is CC1(C)c2ccccc2-c2ccc(-c3c4ccc(N(c5ccc([SH](C)(C)(C)C)cc5)c5cccc6ccccc56)cc4c(-c4ccc5c(c4)C(C)(C)c4ccccc4-5)c4ccc(N(c5ccccc5)c5cccc6ccccc56)cc34)cc21. The van der Waals surface area contributed by atoms with Crippen molar-refractivity contribution in [3.05, 3.63) is 283 Å². The number of rotatable bonds is 9. The van der Waals surface area contributed by atoms with Gasteiger partial charge in [-0.25, -0.2) is 0 Å². The summed E-state index contributed by atoms with van der Waals surface area (Å²) in [6.07, 6.45) is 9.78. The quantitative estimate of drug-likeness (QED) is 0.114. The fourth-order valence-electron chi connectivity index (χ4n) is 14.3. The second-order valence-corrected chi connectivity index (χ2v) is 33.8. The number of hydrogen-bond acceptors (Lipinski definition) is 2. The molecule has 15 rings (SSSR count). The molecule has 0 saturated heterocycles. The smallest absolute Gasteiger partial charge is 0.0540 e. The zero-order valence-corrected chi connectivity index (χ0v) is 49.6. The highest BCUT2D eigenvalue weighted by atomic mass is 32.3. The number of anilines is 6. The van der Waals surface area contributed by atoms with E-state index in [0.29, 0.717) is 0 Å². The molecule has 3 heteroatoms. The Bertz CT molecular complexity index is 4790. The molecule has 0 N–H and O–H groups in total. The van der Waals surface area contributed by atoms with E-state index in [9.17, 15) is 0 Å². The summed E-state index contributed by atoms with van der Waals surface area (Å²) >= 11 is 0. The fourth-order valence-corrected chi connectivity index (χ4v) is 15.6. The highest BCUT2D eigenvalue weighted by Crippen LogP contribution is 2.63. The average molecular weight is 1090 g/mol. The van der Waals surface area contributed by atoms with Crippen molar-refractivity contribution in [3.8, 4) is 44.5 Å². The Hall–Kier alpha value is -9.15. The molecular weight excluding hydrogens is 1020 g/mol. The number of hydrogen-bond donors (Lipinski definition) is 1. The topological polar surface area (TPSA) is 6.48 Å². The molecule has 13 aromatic rings. The Labute approximate surface area is 489 Å². The summed E-state index contributed by atoms with van der Waals surface area (Å²) in [7, 11) is -2.08. The lowest BCUT2D eigenvalue weighted by Crippen LogP contribution is -2.15. The van der Waals surface area contributed by atoms with Gasteiger partial charge in [-0.05, 0) is 214 Å². The second-order valence-electron chi connectivity index (χ2n) is 26.2. The van der Waals surface area contributed by atoms with Crippen molar-refractivity contribution < 1.29 is 0 Å². The van der Waals surface area contributed by atoms with Crippen LogP contribution < -0.4 is 9.80 Å². The minimum absolute atomic E-state index is 0.194. The van der Waals surface area contributed by atoms with Gasteiger partial charge in [-0.3, -0.25) is 9.16 Å². The maximum atomic E-state index is 2.53. The molecule has 0 aliphatic heterocycles. The van der Waals surface area contributed by atoms with Crippen LogP contribution >= 0.6 is 9.16 Å². The zero-order chi connectivity index (χ0) is 56.6. The third-order valence-electron chi connectivity index (χ3n) is 18.5. The van der Waals surface area contributed by atoms with Crippen molar-refractivity contribution in [1.29, 1.82) is 0 Å². The van der Waals surface area contributed by atoms with Gasteiger partial charge in [0, 0.05) is 44.4 Å². The summed E-state index contributed by atoms with van der Waals surface area (Å²) in [5, 5.41) is 9.66.